The fourth-order valence-corrected chi connectivity index (χ4v) is 2.61. The van der Waals surface area contributed by atoms with Crippen LogP contribution in [0.3, 0.4) is 0 Å². The number of hydrogen-bond acceptors (Lipinski definition) is 2. The van der Waals surface area contributed by atoms with E-state index in [0.717, 1.165) is 24.2 Å². The summed E-state index contributed by atoms with van der Waals surface area (Å²) >= 11 is 7.05. The summed E-state index contributed by atoms with van der Waals surface area (Å²) in [6, 6.07) is 4.27. The minimum absolute atomic E-state index is 0.836. The first-order valence-corrected chi connectivity index (χ1v) is 6.39. The molecule has 0 aliphatic carbocycles. The predicted octanol–water partition coefficient (Wildman–Crippen LogP) is 3.41. The minimum atomic E-state index is 0.836. The van der Waals surface area contributed by atoms with E-state index in [1.54, 1.807) is 11.3 Å². The highest BCUT2D eigenvalue weighted by Gasteiger charge is 2.02. The van der Waals surface area contributed by atoms with Gasteiger partial charge in [-0.05, 0) is 36.5 Å². The van der Waals surface area contributed by atoms with Gasteiger partial charge >= 0.3 is 0 Å². The molecule has 0 atom stereocenters. The zero-order valence-electron chi connectivity index (χ0n) is 8.69. The molecule has 4 heteroatoms. The third kappa shape index (κ3) is 2.38. The third-order valence-corrected chi connectivity index (χ3v) is 3.75. The molecule has 1 N–H and O–H groups in total. The smallest absolute Gasteiger partial charge is 0.177 e. The van der Waals surface area contributed by atoms with Gasteiger partial charge in [0.2, 0.25) is 0 Å². The number of aromatic amines is 1. The van der Waals surface area contributed by atoms with Crippen LogP contribution in [0.25, 0.3) is 0 Å². The average molecular weight is 238 g/mol. The highest BCUT2D eigenvalue weighted by molar-refractivity contribution is 7.71. The number of aromatic nitrogens is 2. The monoisotopic (exact) mass is 238 g/mol. The Balaban J connectivity index is 2.10. The largest absolute Gasteiger partial charge is 0.337 e. The van der Waals surface area contributed by atoms with Gasteiger partial charge in [-0.2, -0.15) is 0 Å². The van der Waals surface area contributed by atoms with Crippen LogP contribution >= 0.6 is 23.6 Å². The van der Waals surface area contributed by atoms with Gasteiger partial charge in [0.25, 0.3) is 0 Å². The fraction of sp³-hybridized carbons (Fsp3) is 0.364. The maximum absolute atomic E-state index is 5.24. The number of nitrogens with zero attached hydrogens (tertiary/aromatic N) is 1. The normalized spacial score (nSPS) is 10.7. The zero-order chi connectivity index (χ0) is 10.7. The molecule has 0 aliphatic heterocycles. The van der Waals surface area contributed by atoms with Crippen molar-refractivity contribution in [3.63, 3.8) is 0 Å². The van der Waals surface area contributed by atoms with E-state index in [1.165, 1.54) is 10.6 Å². The maximum Gasteiger partial charge on any atom is 0.177 e. The Hall–Kier alpha value is -0.870. The SMILES string of the molecule is CCc1c[nH]c(=S)n1CCc1cccs1. The standard InChI is InChI=1S/C11H14N2S2/c1-2-9-8-12-11(14)13(9)6-5-10-4-3-7-15-10/h3-4,7-8H,2,5-6H2,1H3,(H,12,14). The summed E-state index contributed by atoms with van der Waals surface area (Å²) in [6.07, 6.45) is 4.10. The summed E-state index contributed by atoms with van der Waals surface area (Å²) in [5.74, 6) is 0. The summed E-state index contributed by atoms with van der Waals surface area (Å²) in [5, 5.41) is 2.12. The molecule has 80 valence electrons. The molecule has 0 radical (unpaired) electrons. The first-order valence-electron chi connectivity index (χ1n) is 5.10. The first-order chi connectivity index (χ1) is 7.31. The summed E-state index contributed by atoms with van der Waals surface area (Å²) < 4.78 is 3.03. The van der Waals surface area contributed by atoms with Crippen molar-refractivity contribution in [1.29, 1.82) is 0 Å². The van der Waals surface area contributed by atoms with Crippen LogP contribution in [-0.2, 0) is 19.4 Å². The number of aryl methyl sites for hydroxylation is 2. The summed E-state index contributed by atoms with van der Waals surface area (Å²) in [7, 11) is 0. The summed E-state index contributed by atoms with van der Waals surface area (Å²) in [4.78, 5) is 4.52. The molecule has 2 nitrogen and oxygen atoms in total. The van der Waals surface area contributed by atoms with Gasteiger partial charge in [-0.1, -0.05) is 13.0 Å². The van der Waals surface area contributed by atoms with Crippen molar-refractivity contribution in [2.24, 2.45) is 0 Å². The highest BCUT2D eigenvalue weighted by Crippen LogP contribution is 2.11. The second-order valence-electron chi connectivity index (χ2n) is 3.42. The summed E-state index contributed by atoms with van der Waals surface area (Å²) in [5.41, 5.74) is 1.29. The Morgan fingerprint density at radius 2 is 2.40 bits per heavy atom. The molecule has 0 spiro atoms. The van der Waals surface area contributed by atoms with Gasteiger partial charge in [0, 0.05) is 23.3 Å². The number of hydrogen-bond donors (Lipinski definition) is 1. The molecule has 2 aromatic heterocycles. The van der Waals surface area contributed by atoms with Crippen molar-refractivity contribution in [2.45, 2.75) is 26.3 Å². The van der Waals surface area contributed by atoms with Gasteiger partial charge in [-0.25, -0.2) is 0 Å². The van der Waals surface area contributed by atoms with Crippen LogP contribution in [0.2, 0.25) is 0 Å². The maximum atomic E-state index is 5.24. The van der Waals surface area contributed by atoms with Crippen molar-refractivity contribution in [3.05, 3.63) is 39.1 Å². The summed E-state index contributed by atoms with van der Waals surface area (Å²) in [6.45, 7) is 3.13. The number of H-pyrrole nitrogens is 1. The zero-order valence-corrected chi connectivity index (χ0v) is 10.3. The Morgan fingerprint density at radius 1 is 1.53 bits per heavy atom. The highest BCUT2D eigenvalue weighted by atomic mass is 32.1. The minimum Gasteiger partial charge on any atom is -0.337 e. The molecule has 0 fully saturated rings. The number of imidazole rings is 1. The fourth-order valence-electron chi connectivity index (χ4n) is 1.65. The van der Waals surface area contributed by atoms with Gasteiger partial charge in [-0.15, -0.1) is 11.3 Å². The van der Waals surface area contributed by atoms with Gasteiger partial charge in [0.15, 0.2) is 4.77 Å². The predicted molar refractivity (Wildman–Crippen MR) is 67.0 cm³/mol. The lowest BCUT2D eigenvalue weighted by molar-refractivity contribution is 0.660. The van der Waals surface area contributed by atoms with Crippen LogP contribution in [0, 0.1) is 4.77 Å². The molecule has 0 bridgehead atoms. The van der Waals surface area contributed by atoms with Gasteiger partial charge < -0.3 is 9.55 Å². The lowest BCUT2D eigenvalue weighted by Crippen LogP contribution is -2.04. The number of thiophene rings is 1. The molecular weight excluding hydrogens is 224 g/mol. The molecule has 0 saturated heterocycles. The van der Waals surface area contributed by atoms with Crippen molar-refractivity contribution in [3.8, 4) is 0 Å². The van der Waals surface area contributed by atoms with E-state index in [2.05, 4.69) is 34.0 Å². The van der Waals surface area contributed by atoms with Crippen molar-refractivity contribution in [2.75, 3.05) is 0 Å². The Bertz CT molecular complexity index is 465. The molecule has 0 amide bonds. The van der Waals surface area contributed by atoms with E-state index < -0.39 is 0 Å². The molecule has 2 rings (SSSR count). The van der Waals surface area contributed by atoms with Crippen LogP contribution in [0.15, 0.2) is 23.7 Å². The van der Waals surface area contributed by atoms with Crippen molar-refractivity contribution < 1.29 is 0 Å². The lowest BCUT2D eigenvalue weighted by Gasteiger charge is -2.05. The molecule has 0 aromatic carbocycles. The average Bonchev–Trinajstić information content (AvgIpc) is 2.84. The Kier molecular flexibility index (Phi) is 3.38. The molecule has 0 aliphatic rings. The quantitative estimate of drug-likeness (QED) is 0.810. The van der Waals surface area contributed by atoms with E-state index in [4.69, 9.17) is 12.2 Å². The molecular formula is C11H14N2S2. The van der Waals surface area contributed by atoms with Gasteiger partial charge in [-0.3, -0.25) is 0 Å². The lowest BCUT2D eigenvalue weighted by atomic mass is 10.3. The molecule has 0 unspecified atom stereocenters. The van der Waals surface area contributed by atoms with E-state index in [1.807, 2.05) is 6.20 Å². The second-order valence-corrected chi connectivity index (χ2v) is 4.84. The molecule has 0 saturated carbocycles. The van der Waals surface area contributed by atoms with Crippen molar-refractivity contribution in [1.82, 2.24) is 9.55 Å². The van der Waals surface area contributed by atoms with E-state index >= 15 is 0 Å². The van der Waals surface area contributed by atoms with E-state index in [-0.39, 0.29) is 0 Å². The first kappa shape index (κ1) is 10.6. The van der Waals surface area contributed by atoms with E-state index in [9.17, 15) is 0 Å². The molecule has 2 heterocycles. The van der Waals surface area contributed by atoms with Crippen molar-refractivity contribution >= 4 is 23.6 Å². The van der Waals surface area contributed by atoms with E-state index in [0.29, 0.717) is 0 Å². The Morgan fingerprint density at radius 3 is 3.07 bits per heavy atom. The Labute approximate surface area is 98.6 Å². The molecule has 15 heavy (non-hydrogen) atoms. The third-order valence-electron chi connectivity index (χ3n) is 2.48. The van der Waals surface area contributed by atoms with Gasteiger partial charge in [0.1, 0.15) is 0 Å². The van der Waals surface area contributed by atoms with Crippen LogP contribution in [0.4, 0.5) is 0 Å². The van der Waals surface area contributed by atoms with Gasteiger partial charge in [0.05, 0.1) is 0 Å². The topological polar surface area (TPSA) is 20.7 Å². The number of nitrogens with one attached hydrogen (secondary N) is 1. The van der Waals surface area contributed by atoms with Crippen LogP contribution in [0.5, 0.6) is 0 Å². The second kappa shape index (κ2) is 4.77. The van der Waals surface area contributed by atoms with Crippen LogP contribution < -0.4 is 0 Å². The van der Waals surface area contributed by atoms with Crippen LogP contribution in [0.1, 0.15) is 17.5 Å². The van der Waals surface area contributed by atoms with Crippen LogP contribution in [-0.4, -0.2) is 9.55 Å². The molecule has 2 aromatic rings. The number of rotatable bonds is 4.